The zero-order chi connectivity index (χ0) is 19.2. The van der Waals surface area contributed by atoms with E-state index in [1.807, 2.05) is 6.07 Å². The summed E-state index contributed by atoms with van der Waals surface area (Å²) in [4.78, 5) is 14.1. The highest BCUT2D eigenvalue weighted by atomic mass is 16.8. The van der Waals surface area contributed by atoms with Crippen LogP contribution in [0.3, 0.4) is 0 Å². The summed E-state index contributed by atoms with van der Waals surface area (Å²) in [5.74, 6) is 0.306. The van der Waals surface area contributed by atoms with Gasteiger partial charge in [-0.25, -0.2) is 10.0 Å². The Labute approximate surface area is 155 Å². The Kier molecular flexibility index (Phi) is 5.68. The van der Waals surface area contributed by atoms with E-state index in [0.29, 0.717) is 11.3 Å². The van der Waals surface area contributed by atoms with Gasteiger partial charge in [-0.15, -0.1) is 0 Å². The van der Waals surface area contributed by atoms with Crippen molar-refractivity contribution in [3.8, 4) is 11.5 Å². The van der Waals surface area contributed by atoms with E-state index in [1.165, 1.54) is 29.2 Å². The molecule has 1 atom stereocenters. The highest BCUT2D eigenvalue weighted by Gasteiger charge is 2.20. The number of benzene rings is 3. The normalized spacial score (nSPS) is 11.6. The molecule has 0 fully saturated rings. The number of nitrogens with zero attached hydrogens (tertiary/aromatic N) is 1. The third-order valence-electron chi connectivity index (χ3n) is 3.91. The number of ether oxygens (including phenoxy) is 1. The van der Waals surface area contributed by atoms with Crippen LogP contribution < -0.4 is 14.9 Å². The van der Waals surface area contributed by atoms with E-state index in [1.54, 1.807) is 48.5 Å². The smallest absolute Gasteiger partial charge is 0.420 e. The fraction of sp³-hybridized carbons (Fsp3) is 0.0500. The van der Waals surface area contributed by atoms with E-state index < -0.39 is 11.3 Å². The van der Waals surface area contributed by atoms with Gasteiger partial charge in [0.05, 0.1) is 6.54 Å². The molecule has 0 aliphatic heterocycles. The average Bonchev–Trinajstić information content (AvgIpc) is 2.68. The maximum Gasteiger partial charge on any atom is 0.420 e. The SMILES string of the molecule is O=C(Oc1ccc([NH+]([O-])O)cc1)N(Cc1ccccc1O)c1ccccc1. The fourth-order valence-electron chi connectivity index (χ4n) is 2.51. The molecule has 0 radical (unpaired) electrons. The van der Waals surface area contributed by atoms with Gasteiger partial charge in [-0.3, -0.25) is 4.90 Å². The van der Waals surface area contributed by atoms with Crippen LogP contribution in [-0.2, 0) is 6.54 Å². The molecule has 0 saturated carbocycles. The summed E-state index contributed by atoms with van der Waals surface area (Å²) in [5.41, 5.74) is 1.27. The first kappa shape index (κ1) is 18.4. The minimum absolute atomic E-state index is 0.0806. The molecule has 0 aliphatic rings. The van der Waals surface area contributed by atoms with E-state index >= 15 is 0 Å². The number of amides is 1. The molecule has 27 heavy (non-hydrogen) atoms. The van der Waals surface area contributed by atoms with E-state index in [9.17, 15) is 15.1 Å². The Morgan fingerprint density at radius 1 is 0.963 bits per heavy atom. The van der Waals surface area contributed by atoms with Crippen molar-refractivity contribution in [2.45, 2.75) is 6.54 Å². The molecule has 3 rings (SSSR count). The lowest BCUT2D eigenvalue weighted by molar-refractivity contribution is -0.991. The Hall–Kier alpha value is -3.39. The van der Waals surface area contributed by atoms with Gasteiger partial charge in [0.1, 0.15) is 11.5 Å². The molecule has 7 heteroatoms. The maximum absolute atomic E-state index is 12.8. The van der Waals surface area contributed by atoms with Crippen molar-refractivity contribution in [3.05, 3.63) is 89.6 Å². The van der Waals surface area contributed by atoms with Gasteiger partial charge in [0, 0.05) is 23.4 Å². The van der Waals surface area contributed by atoms with Crippen LogP contribution >= 0.6 is 0 Å². The topological polar surface area (TPSA) is 97.5 Å². The molecule has 0 heterocycles. The molecule has 138 valence electrons. The largest absolute Gasteiger partial charge is 0.595 e. The fourth-order valence-corrected chi connectivity index (χ4v) is 2.51. The van der Waals surface area contributed by atoms with Crippen LogP contribution in [0.1, 0.15) is 5.56 Å². The van der Waals surface area contributed by atoms with Crippen molar-refractivity contribution in [2.24, 2.45) is 0 Å². The third-order valence-corrected chi connectivity index (χ3v) is 3.91. The van der Waals surface area contributed by atoms with Gasteiger partial charge in [-0.05, 0) is 30.3 Å². The first-order valence-corrected chi connectivity index (χ1v) is 8.19. The van der Waals surface area contributed by atoms with Crippen molar-refractivity contribution in [2.75, 3.05) is 4.90 Å². The molecule has 3 N–H and O–H groups in total. The number of hydrogen-bond acceptors (Lipinski definition) is 5. The summed E-state index contributed by atoms with van der Waals surface area (Å²) in [6.45, 7) is 0.114. The Bertz CT molecular complexity index is 898. The monoisotopic (exact) mass is 366 g/mol. The van der Waals surface area contributed by atoms with Crippen molar-refractivity contribution in [1.82, 2.24) is 0 Å². The first-order chi connectivity index (χ1) is 13.0. The number of carbonyl (C=O) groups is 1. The number of anilines is 1. The lowest BCUT2D eigenvalue weighted by Gasteiger charge is -2.22. The molecule has 1 unspecified atom stereocenters. The summed E-state index contributed by atoms with van der Waals surface area (Å²) in [5, 5.41) is 28.8. The Morgan fingerprint density at radius 2 is 1.59 bits per heavy atom. The molecule has 3 aromatic rings. The van der Waals surface area contributed by atoms with Crippen LogP contribution in [0.4, 0.5) is 16.2 Å². The average molecular weight is 366 g/mol. The standard InChI is InChI=1S/C20H18N2O5/c23-19-9-5-4-6-15(19)14-21(16-7-2-1-3-8-16)20(24)27-18-12-10-17(11-13-18)22(25)26/h1-13,22-23,25H,14H2. The molecule has 7 nitrogen and oxygen atoms in total. The third kappa shape index (κ3) is 4.62. The Balaban J connectivity index is 1.83. The lowest BCUT2D eigenvalue weighted by atomic mass is 10.2. The molecular formula is C20H18N2O5. The van der Waals surface area contributed by atoms with Crippen molar-refractivity contribution in [3.63, 3.8) is 0 Å². The van der Waals surface area contributed by atoms with Gasteiger partial charge < -0.3 is 15.1 Å². The molecule has 3 aromatic carbocycles. The molecule has 1 amide bonds. The summed E-state index contributed by atoms with van der Waals surface area (Å²) in [6, 6.07) is 21.2. The summed E-state index contributed by atoms with van der Waals surface area (Å²) in [6.07, 6.45) is -0.646. The number of phenols is 1. The zero-order valence-corrected chi connectivity index (χ0v) is 14.3. The quantitative estimate of drug-likeness (QED) is 0.603. The molecular weight excluding hydrogens is 348 g/mol. The van der Waals surface area contributed by atoms with Crippen LogP contribution in [0.25, 0.3) is 0 Å². The van der Waals surface area contributed by atoms with Gasteiger partial charge in [-0.1, -0.05) is 36.4 Å². The number of aromatic hydroxyl groups is 1. The van der Waals surface area contributed by atoms with Crippen molar-refractivity contribution in [1.29, 1.82) is 0 Å². The predicted octanol–water partition coefficient (Wildman–Crippen LogP) is 3.00. The summed E-state index contributed by atoms with van der Waals surface area (Å²) < 4.78 is 5.39. The number of para-hydroxylation sites is 2. The van der Waals surface area contributed by atoms with E-state index in [0.717, 1.165) is 0 Å². The molecule has 0 bridgehead atoms. The van der Waals surface area contributed by atoms with Crippen LogP contribution in [0.15, 0.2) is 78.9 Å². The van der Waals surface area contributed by atoms with Gasteiger partial charge in [0.25, 0.3) is 0 Å². The van der Waals surface area contributed by atoms with Crippen LogP contribution in [-0.4, -0.2) is 16.4 Å². The van der Waals surface area contributed by atoms with E-state index in [2.05, 4.69) is 0 Å². The summed E-state index contributed by atoms with van der Waals surface area (Å²) >= 11 is 0. The maximum atomic E-state index is 12.8. The number of quaternary nitrogens is 1. The van der Waals surface area contributed by atoms with Crippen molar-refractivity contribution >= 4 is 17.5 Å². The summed E-state index contributed by atoms with van der Waals surface area (Å²) in [7, 11) is 0. The van der Waals surface area contributed by atoms with E-state index in [-0.39, 0.29) is 23.7 Å². The van der Waals surface area contributed by atoms with Gasteiger partial charge >= 0.3 is 6.09 Å². The zero-order valence-electron chi connectivity index (χ0n) is 14.3. The number of phenolic OH excluding ortho intramolecular Hbond substituents is 1. The number of hydrogen-bond donors (Lipinski definition) is 3. The minimum Gasteiger partial charge on any atom is -0.595 e. The minimum atomic E-state index is -1.06. The van der Waals surface area contributed by atoms with Crippen LogP contribution in [0, 0.1) is 5.21 Å². The van der Waals surface area contributed by atoms with Crippen LogP contribution in [0.5, 0.6) is 11.5 Å². The van der Waals surface area contributed by atoms with Gasteiger partial charge in [0.15, 0.2) is 5.69 Å². The lowest BCUT2D eigenvalue weighted by Crippen LogP contribution is -2.99. The second kappa shape index (κ2) is 8.33. The molecule has 0 aliphatic carbocycles. The number of carbonyl (C=O) groups excluding carboxylic acids is 1. The van der Waals surface area contributed by atoms with Crippen LogP contribution in [0.2, 0.25) is 0 Å². The Morgan fingerprint density at radius 3 is 2.22 bits per heavy atom. The van der Waals surface area contributed by atoms with E-state index in [4.69, 9.17) is 9.94 Å². The molecule has 0 aromatic heterocycles. The first-order valence-electron chi connectivity index (χ1n) is 8.19. The highest BCUT2D eigenvalue weighted by molar-refractivity contribution is 5.89. The highest BCUT2D eigenvalue weighted by Crippen LogP contribution is 2.24. The predicted molar refractivity (Wildman–Crippen MR) is 99.0 cm³/mol. The molecule has 0 saturated heterocycles. The molecule has 0 spiro atoms. The van der Waals surface area contributed by atoms with Gasteiger partial charge in [-0.2, -0.15) is 5.23 Å². The van der Waals surface area contributed by atoms with Gasteiger partial charge in [0.2, 0.25) is 0 Å². The second-order valence-corrected chi connectivity index (χ2v) is 5.75. The number of nitrogens with one attached hydrogen (secondary N) is 1. The second-order valence-electron chi connectivity index (χ2n) is 5.75. The number of rotatable bonds is 5. The van der Waals surface area contributed by atoms with Crippen molar-refractivity contribution < 1.29 is 25.1 Å².